The second-order valence-electron chi connectivity index (χ2n) is 24.8. The summed E-state index contributed by atoms with van der Waals surface area (Å²) in [5.41, 5.74) is 4.05. The maximum Gasteiger partial charge on any atom is 0.192 e. The van der Waals surface area contributed by atoms with E-state index in [9.17, 15) is 5.11 Å². The van der Waals surface area contributed by atoms with Gasteiger partial charge < -0.3 is 56.6 Å². The zero-order valence-electron chi connectivity index (χ0n) is 47.5. The van der Waals surface area contributed by atoms with Crippen LogP contribution in [0.5, 0.6) is 0 Å². The predicted octanol–water partition coefficient (Wildman–Crippen LogP) is 12.5. The molecule has 3 saturated heterocycles. The van der Waals surface area contributed by atoms with E-state index in [1.165, 1.54) is 0 Å². The third-order valence-corrected chi connectivity index (χ3v) is 24.8. The highest BCUT2D eigenvalue weighted by Gasteiger charge is 2.57. The van der Waals surface area contributed by atoms with E-state index in [-0.39, 0.29) is 42.7 Å². The fraction of sp³-hybridized carbons (Fsp3) is 0.607. The number of aliphatic hydroxyl groups excluding tert-OH is 1. The van der Waals surface area contributed by atoms with Gasteiger partial charge in [-0.1, -0.05) is 163 Å². The summed E-state index contributed by atoms with van der Waals surface area (Å²) >= 11 is 0. The number of hydrogen-bond acceptors (Lipinski definition) is 12. The van der Waals surface area contributed by atoms with E-state index in [4.69, 9.17) is 51.5 Å². The highest BCUT2D eigenvalue weighted by atomic mass is 28.4. The highest BCUT2D eigenvalue weighted by molar-refractivity contribution is 6.74. The van der Waals surface area contributed by atoms with Crippen LogP contribution in [-0.4, -0.2) is 108 Å². The van der Waals surface area contributed by atoms with Crippen molar-refractivity contribution < 1.29 is 56.6 Å². The molecule has 3 aliphatic rings. The molecule has 1 N–H and O–H groups in total. The van der Waals surface area contributed by atoms with Crippen molar-refractivity contribution in [2.75, 3.05) is 13.2 Å². The van der Waals surface area contributed by atoms with Gasteiger partial charge in [-0.3, -0.25) is 0 Å². The van der Waals surface area contributed by atoms with Crippen LogP contribution in [0.3, 0.4) is 0 Å². The maximum absolute atomic E-state index is 13.2. The third kappa shape index (κ3) is 16.5. The Morgan fingerprint density at radius 3 is 1.53 bits per heavy atom. The van der Waals surface area contributed by atoms with Gasteiger partial charge in [-0.05, 0) is 92.6 Å². The molecular formula is C61H90O12Si2. The molecule has 414 valence electrons. The molecule has 0 aliphatic carbocycles. The number of hydrogen-bond donors (Lipinski definition) is 1. The summed E-state index contributed by atoms with van der Waals surface area (Å²) in [6.07, 6.45) is -6.18. The molecule has 75 heavy (non-hydrogen) atoms. The minimum atomic E-state index is -2.60. The Labute approximate surface area is 451 Å². The molecule has 1 unspecified atom stereocenters. The van der Waals surface area contributed by atoms with E-state index in [2.05, 4.69) is 104 Å². The predicted molar refractivity (Wildman–Crippen MR) is 298 cm³/mol. The molecule has 3 aliphatic heterocycles. The fourth-order valence-corrected chi connectivity index (χ4v) is 12.4. The monoisotopic (exact) mass is 1070 g/mol. The molecule has 0 spiro atoms. The summed E-state index contributed by atoms with van der Waals surface area (Å²) in [7, 11) is -5.20. The minimum absolute atomic E-state index is 0.175. The van der Waals surface area contributed by atoms with Crippen LogP contribution >= 0.6 is 0 Å². The number of ether oxygens (including phenoxy) is 9. The molecule has 3 heterocycles. The molecule has 4 aromatic rings. The molecular weight excluding hydrogens is 981 g/mol. The first-order chi connectivity index (χ1) is 35.3. The molecule has 0 bridgehead atoms. The lowest BCUT2D eigenvalue weighted by atomic mass is 9.82. The second kappa shape index (κ2) is 25.3. The Kier molecular flexibility index (Phi) is 20.1. The Balaban J connectivity index is 1.31. The lowest BCUT2D eigenvalue weighted by Crippen LogP contribution is -2.60. The molecule has 0 saturated carbocycles. The van der Waals surface area contributed by atoms with Gasteiger partial charge >= 0.3 is 0 Å². The van der Waals surface area contributed by atoms with Crippen LogP contribution in [0.1, 0.15) is 104 Å². The molecule has 7 rings (SSSR count). The van der Waals surface area contributed by atoms with E-state index in [0.29, 0.717) is 19.8 Å². The average Bonchev–Trinajstić information content (AvgIpc) is 3.89. The van der Waals surface area contributed by atoms with E-state index >= 15 is 0 Å². The average molecular weight is 1070 g/mol. The van der Waals surface area contributed by atoms with Gasteiger partial charge in [0.1, 0.15) is 30.5 Å². The van der Waals surface area contributed by atoms with Crippen LogP contribution in [0.15, 0.2) is 121 Å². The largest absolute Gasteiger partial charge is 0.411 e. The minimum Gasteiger partial charge on any atom is -0.411 e. The first-order valence-corrected chi connectivity index (χ1v) is 33.1. The molecule has 3 fully saturated rings. The molecule has 0 radical (unpaired) electrons. The third-order valence-electron chi connectivity index (χ3n) is 15.8. The lowest BCUT2D eigenvalue weighted by Gasteiger charge is -2.48. The Morgan fingerprint density at radius 2 is 1.05 bits per heavy atom. The Morgan fingerprint density at radius 1 is 0.587 bits per heavy atom. The summed E-state index contributed by atoms with van der Waals surface area (Å²) in [5, 5.41) is 12.9. The highest BCUT2D eigenvalue weighted by Crippen LogP contribution is 2.46. The summed E-state index contributed by atoms with van der Waals surface area (Å²) in [6, 6.07) is 40.5. The van der Waals surface area contributed by atoms with E-state index in [1.54, 1.807) is 0 Å². The summed E-state index contributed by atoms with van der Waals surface area (Å²) < 4.78 is 76.5. The first kappa shape index (κ1) is 59.5. The number of rotatable bonds is 24. The van der Waals surface area contributed by atoms with Crippen LogP contribution in [0, 0.1) is 5.92 Å². The smallest absolute Gasteiger partial charge is 0.192 e. The molecule has 12 nitrogen and oxygen atoms in total. The number of aliphatic hydroxyl groups is 1. The topological polar surface area (TPSA) is 122 Å². The van der Waals surface area contributed by atoms with Crippen LogP contribution in [-0.2, 0) is 77.9 Å². The Hall–Kier alpha value is -3.17. The van der Waals surface area contributed by atoms with Gasteiger partial charge in [0.15, 0.2) is 34.5 Å². The van der Waals surface area contributed by atoms with Crippen molar-refractivity contribution in [1.29, 1.82) is 0 Å². The van der Waals surface area contributed by atoms with Crippen molar-refractivity contribution in [3.05, 3.63) is 144 Å². The SMILES string of the molecule is CC1(C)O[C@H]([C@@H](O[Si](C)(C)C(C)(C)C)[C@H](CC(O)C[C@H]2[C@@H](OCc3ccccc3)[C@@H](COCc3ccccc3)O[C@@H](OCc3ccccc3)[C@@H]2OCc2ccccc2)O[Si](C)(C)C(C)(C)C)[C@@H]([C@H]2COC(C)(C)O2)O1. The van der Waals surface area contributed by atoms with Crippen molar-refractivity contribution in [1.82, 2.24) is 0 Å². The van der Waals surface area contributed by atoms with E-state index in [0.717, 1.165) is 22.3 Å². The van der Waals surface area contributed by atoms with Gasteiger partial charge in [0.05, 0.1) is 64.1 Å². The van der Waals surface area contributed by atoms with E-state index in [1.807, 2.05) is 113 Å². The fourth-order valence-electron chi connectivity index (χ4n) is 9.71. The summed E-state index contributed by atoms with van der Waals surface area (Å²) in [4.78, 5) is 0. The van der Waals surface area contributed by atoms with Gasteiger partial charge in [0.2, 0.25) is 0 Å². The van der Waals surface area contributed by atoms with Crippen molar-refractivity contribution >= 4 is 16.6 Å². The maximum atomic E-state index is 13.2. The molecule has 11 atom stereocenters. The summed E-state index contributed by atoms with van der Waals surface area (Å²) in [5.74, 6) is -2.24. The second-order valence-corrected chi connectivity index (χ2v) is 34.4. The molecule has 0 aromatic heterocycles. The molecule has 14 heteroatoms. The Bertz CT molecular complexity index is 2310. The first-order valence-electron chi connectivity index (χ1n) is 27.2. The van der Waals surface area contributed by atoms with Crippen molar-refractivity contribution in [2.45, 2.75) is 218 Å². The van der Waals surface area contributed by atoms with Crippen LogP contribution in [0.25, 0.3) is 0 Å². The quantitative estimate of drug-likeness (QED) is 0.0672. The standard InChI is InChI=1S/C61H90O12Si2/c1-58(2,3)74(11,12)72-49(55(73-75(13,14)59(4,5)6)56-54(70-61(9,10)71-56)51-42-67-60(7,8)69-51)36-47(62)35-48-52(64-38-44-29-21-16-22-30-44)50(41-63-37-43-27-19-15-20-28-43)68-57(66-40-46-33-25-18-26-34-46)53(48)65-39-45-31-23-17-24-32-45/h15-34,47-57,62H,35-42H2,1-14H3/t47?,48-,49-,50+,51+,52+,53+,54+,55-,56-,57+/m0/s1. The van der Waals surface area contributed by atoms with Gasteiger partial charge in [0, 0.05) is 12.3 Å². The zero-order chi connectivity index (χ0) is 54.2. The van der Waals surface area contributed by atoms with Crippen LogP contribution in [0.4, 0.5) is 0 Å². The van der Waals surface area contributed by atoms with Crippen molar-refractivity contribution in [3.8, 4) is 0 Å². The summed E-state index contributed by atoms with van der Waals surface area (Å²) in [6.45, 7) is 32.0. The van der Waals surface area contributed by atoms with Gasteiger partial charge in [-0.2, -0.15) is 0 Å². The van der Waals surface area contributed by atoms with Gasteiger partial charge in [-0.15, -0.1) is 0 Å². The lowest BCUT2D eigenvalue weighted by molar-refractivity contribution is -0.315. The normalized spacial score (nSPS) is 26.5. The van der Waals surface area contributed by atoms with Crippen molar-refractivity contribution in [3.63, 3.8) is 0 Å². The van der Waals surface area contributed by atoms with E-state index < -0.39 is 95.4 Å². The van der Waals surface area contributed by atoms with Gasteiger partial charge in [-0.25, -0.2) is 0 Å². The van der Waals surface area contributed by atoms with Crippen LogP contribution in [0.2, 0.25) is 36.3 Å². The molecule has 4 aromatic carbocycles. The zero-order valence-corrected chi connectivity index (χ0v) is 49.5. The molecule has 0 amide bonds. The van der Waals surface area contributed by atoms with Crippen LogP contribution < -0.4 is 0 Å². The van der Waals surface area contributed by atoms with Gasteiger partial charge in [0.25, 0.3) is 0 Å². The number of benzene rings is 4. The van der Waals surface area contributed by atoms with Crippen molar-refractivity contribution in [2.24, 2.45) is 5.92 Å².